The van der Waals surface area contributed by atoms with Crippen LogP contribution in [0, 0.1) is 11.7 Å². The first-order valence-electron chi connectivity index (χ1n) is 11.8. The number of carbonyl (C=O) groups is 1. The molecule has 1 heterocycles. The largest absolute Gasteiger partial charge is 0.497 e. The molecule has 1 amide bonds. The molecule has 7 nitrogen and oxygen atoms in total. The van der Waals surface area contributed by atoms with Crippen LogP contribution in [0.2, 0.25) is 0 Å². The maximum atomic E-state index is 14.7. The van der Waals surface area contributed by atoms with Crippen molar-refractivity contribution in [1.29, 1.82) is 0 Å². The highest BCUT2D eigenvalue weighted by Gasteiger charge is 2.26. The van der Waals surface area contributed by atoms with Gasteiger partial charge in [0.15, 0.2) is 11.0 Å². The summed E-state index contributed by atoms with van der Waals surface area (Å²) in [6, 6.07) is 13.9. The molecule has 0 saturated heterocycles. The summed E-state index contributed by atoms with van der Waals surface area (Å²) in [5, 5.41) is 8.97. The average molecular weight is 499 g/mol. The maximum Gasteiger partial charge on any atom is 0.233 e. The summed E-state index contributed by atoms with van der Waals surface area (Å²) < 4.78 is 27.4. The Kier molecular flexibility index (Phi) is 8.28. The Hall–Kier alpha value is -3.07. The molecule has 1 saturated carbocycles. The summed E-state index contributed by atoms with van der Waals surface area (Å²) in [6.07, 6.45) is 4.36. The van der Waals surface area contributed by atoms with Gasteiger partial charge in [-0.05, 0) is 68.0 Å². The van der Waals surface area contributed by atoms with Crippen LogP contribution in [0.5, 0.6) is 11.5 Å². The zero-order valence-electron chi connectivity index (χ0n) is 20.3. The van der Waals surface area contributed by atoms with Gasteiger partial charge in [-0.3, -0.25) is 9.36 Å². The van der Waals surface area contributed by atoms with Crippen molar-refractivity contribution in [3.63, 3.8) is 0 Å². The van der Waals surface area contributed by atoms with Crippen molar-refractivity contribution >= 4 is 17.7 Å². The van der Waals surface area contributed by atoms with Crippen LogP contribution in [0.1, 0.15) is 38.4 Å². The molecule has 0 atom stereocenters. The highest BCUT2D eigenvalue weighted by molar-refractivity contribution is 7.99. The number of aromatic nitrogens is 3. The van der Waals surface area contributed by atoms with Crippen LogP contribution in [0.25, 0.3) is 5.69 Å². The fourth-order valence-electron chi connectivity index (χ4n) is 4.24. The van der Waals surface area contributed by atoms with Gasteiger partial charge in [0.2, 0.25) is 5.91 Å². The molecule has 0 unspecified atom stereocenters. The van der Waals surface area contributed by atoms with E-state index < -0.39 is 5.82 Å². The molecule has 1 aliphatic carbocycles. The van der Waals surface area contributed by atoms with Gasteiger partial charge in [0.25, 0.3) is 0 Å². The molecule has 35 heavy (non-hydrogen) atoms. The molecular formula is C26H31FN4O3S. The van der Waals surface area contributed by atoms with Crippen molar-refractivity contribution in [2.75, 3.05) is 19.9 Å². The van der Waals surface area contributed by atoms with Gasteiger partial charge < -0.3 is 14.4 Å². The maximum absolute atomic E-state index is 14.7. The van der Waals surface area contributed by atoms with E-state index in [9.17, 15) is 9.18 Å². The Balaban J connectivity index is 1.49. The highest BCUT2D eigenvalue weighted by atomic mass is 32.2. The fraction of sp³-hybridized carbons (Fsp3) is 0.423. The molecule has 186 valence electrons. The lowest BCUT2D eigenvalue weighted by Gasteiger charge is -2.33. The molecule has 0 aliphatic heterocycles. The van der Waals surface area contributed by atoms with Crippen LogP contribution in [-0.4, -0.2) is 51.5 Å². The summed E-state index contributed by atoms with van der Waals surface area (Å²) in [5.41, 5.74) is 0.315. The van der Waals surface area contributed by atoms with Crippen LogP contribution in [0.3, 0.4) is 0 Å². The van der Waals surface area contributed by atoms with Crippen LogP contribution in [0.15, 0.2) is 53.7 Å². The molecule has 0 bridgehead atoms. The van der Waals surface area contributed by atoms with Crippen molar-refractivity contribution in [2.24, 2.45) is 5.92 Å². The van der Waals surface area contributed by atoms with E-state index in [1.165, 1.54) is 17.8 Å². The third-order valence-electron chi connectivity index (χ3n) is 6.47. The van der Waals surface area contributed by atoms with Gasteiger partial charge >= 0.3 is 0 Å². The Bertz CT molecular complexity index is 1130. The first-order chi connectivity index (χ1) is 17.0. The first-order valence-corrected chi connectivity index (χ1v) is 12.8. The minimum atomic E-state index is -0.403. The van der Waals surface area contributed by atoms with E-state index in [0.717, 1.165) is 37.4 Å². The zero-order valence-corrected chi connectivity index (χ0v) is 21.1. The summed E-state index contributed by atoms with van der Waals surface area (Å²) in [6.45, 7) is 2.35. The molecule has 0 spiro atoms. The second-order valence-corrected chi connectivity index (χ2v) is 9.80. The normalized spacial score (nSPS) is 17.7. The molecular weight excluding hydrogens is 467 g/mol. The topological polar surface area (TPSA) is 69.5 Å². The van der Waals surface area contributed by atoms with Gasteiger partial charge in [0, 0.05) is 13.1 Å². The van der Waals surface area contributed by atoms with Gasteiger partial charge in [0.05, 0.1) is 18.6 Å². The number of ether oxygens (including phenoxy) is 2. The quantitative estimate of drug-likeness (QED) is 0.381. The van der Waals surface area contributed by atoms with Crippen LogP contribution in [-0.2, 0) is 11.4 Å². The Morgan fingerprint density at radius 3 is 2.46 bits per heavy atom. The summed E-state index contributed by atoms with van der Waals surface area (Å²) >= 11 is 1.26. The number of carbonyl (C=O) groups excluding carboxylic acids is 1. The number of para-hydroxylation sites is 1. The molecule has 0 N–H and O–H groups in total. The fourth-order valence-corrected chi connectivity index (χ4v) is 5.13. The second-order valence-electron chi connectivity index (χ2n) is 8.86. The lowest BCUT2D eigenvalue weighted by molar-refractivity contribution is -0.129. The molecule has 1 aliphatic rings. The molecule has 4 rings (SSSR count). The number of halogens is 1. The minimum Gasteiger partial charge on any atom is -0.497 e. The van der Waals surface area contributed by atoms with Gasteiger partial charge in [-0.15, -0.1) is 10.2 Å². The molecule has 1 fully saturated rings. The number of nitrogens with zero attached hydrogens (tertiary/aromatic N) is 4. The second kappa shape index (κ2) is 11.6. The number of hydrogen-bond donors (Lipinski definition) is 0. The molecule has 3 aromatic rings. The van der Waals surface area contributed by atoms with E-state index >= 15 is 0 Å². The Labute approximate surface area is 209 Å². The third kappa shape index (κ3) is 6.14. The van der Waals surface area contributed by atoms with E-state index in [0.29, 0.717) is 22.4 Å². The molecule has 2 aromatic carbocycles. The first kappa shape index (κ1) is 25.0. The SMILES string of the molecule is COc1ccc(OCc2nnc(SCC(=O)N(C)C3CCC(C)CC3)n2-c2ccccc2F)cc1. The number of thioether (sulfide) groups is 1. The van der Waals surface area contributed by atoms with Gasteiger partial charge in [0.1, 0.15) is 23.9 Å². The average Bonchev–Trinajstić information content (AvgIpc) is 3.29. The van der Waals surface area contributed by atoms with Gasteiger partial charge in [-0.2, -0.15) is 0 Å². The third-order valence-corrected chi connectivity index (χ3v) is 7.39. The van der Waals surface area contributed by atoms with E-state index in [2.05, 4.69) is 17.1 Å². The van der Waals surface area contributed by atoms with E-state index in [1.807, 2.05) is 11.9 Å². The van der Waals surface area contributed by atoms with Crippen molar-refractivity contribution < 1.29 is 18.7 Å². The van der Waals surface area contributed by atoms with Crippen LogP contribution < -0.4 is 9.47 Å². The van der Waals surface area contributed by atoms with E-state index in [1.54, 1.807) is 54.1 Å². The van der Waals surface area contributed by atoms with Crippen LogP contribution in [0.4, 0.5) is 4.39 Å². The smallest absolute Gasteiger partial charge is 0.233 e. The van der Waals surface area contributed by atoms with Crippen molar-refractivity contribution in [3.05, 3.63) is 60.2 Å². The summed E-state index contributed by atoms with van der Waals surface area (Å²) in [4.78, 5) is 14.8. The van der Waals surface area contributed by atoms with Crippen molar-refractivity contribution in [1.82, 2.24) is 19.7 Å². The summed E-state index contributed by atoms with van der Waals surface area (Å²) in [7, 11) is 3.48. The number of amides is 1. The number of benzene rings is 2. The molecule has 0 radical (unpaired) electrons. The lowest BCUT2D eigenvalue weighted by Crippen LogP contribution is -2.40. The monoisotopic (exact) mass is 498 g/mol. The minimum absolute atomic E-state index is 0.0358. The number of hydrogen-bond acceptors (Lipinski definition) is 6. The Morgan fingerprint density at radius 1 is 1.09 bits per heavy atom. The standard InChI is InChI=1S/C26H31FN4O3S/c1-18-8-10-19(11-9-18)30(2)25(32)17-35-26-29-28-24(31(26)23-7-5-4-6-22(23)27)16-34-21-14-12-20(33-3)13-15-21/h4-7,12-15,18-19H,8-11,16-17H2,1-3H3. The van der Waals surface area contributed by atoms with Crippen molar-refractivity contribution in [2.45, 2.75) is 50.4 Å². The number of rotatable bonds is 9. The highest BCUT2D eigenvalue weighted by Crippen LogP contribution is 2.29. The van der Waals surface area contributed by atoms with Gasteiger partial charge in [-0.25, -0.2) is 4.39 Å². The number of methoxy groups -OCH3 is 1. The predicted molar refractivity (Wildman–Crippen MR) is 134 cm³/mol. The van der Waals surface area contributed by atoms with E-state index in [-0.39, 0.29) is 24.3 Å². The van der Waals surface area contributed by atoms with E-state index in [4.69, 9.17) is 9.47 Å². The van der Waals surface area contributed by atoms with Crippen molar-refractivity contribution in [3.8, 4) is 17.2 Å². The molecule has 9 heteroatoms. The Morgan fingerprint density at radius 2 is 1.77 bits per heavy atom. The molecule has 1 aromatic heterocycles. The lowest BCUT2D eigenvalue weighted by atomic mass is 9.87. The summed E-state index contributed by atoms with van der Waals surface area (Å²) in [5.74, 6) is 2.35. The zero-order chi connectivity index (χ0) is 24.8. The van der Waals surface area contributed by atoms with Crippen LogP contribution >= 0.6 is 11.8 Å². The van der Waals surface area contributed by atoms with Gasteiger partial charge in [-0.1, -0.05) is 30.8 Å². The predicted octanol–water partition coefficient (Wildman–Crippen LogP) is 5.12.